The van der Waals surface area contributed by atoms with Gasteiger partial charge in [0.1, 0.15) is 5.82 Å². The number of rotatable bonds is 2. The standard InChI is InChI=1S/C16H18N2O3/c1-2-21-16(20)11-7-8-12-13(10-11)17-14-6-4-3-5-9-18(14)15(12)19/h7-8,10H,2-6,9H2,1H3. The number of carbonyl (C=O) groups excluding carboxylic acids is 1. The van der Waals surface area contributed by atoms with E-state index in [-0.39, 0.29) is 11.5 Å². The Bertz CT molecular complexity index is 749. The van der Waals surface area contributed by atoms with Gasteiger partial charge in [0.05, 0.1) is 23.1 Å². The van der Waals surface area contributed by atoms with Crippen LogP contribution in [0.4, 0.5) is 0 Å². The predicted molar refractivity (Wildman–Crippen MR) is 79.5 cm³/mol. The quantitative estimate of drug-likeness (QED) is 0.795. The van der Waals surface area contributed by atoms with Crippen molar-refractivity contribution in [1.29, 1.82) is 0 Å². The van der Waals surface area contributed by atoms with Crippen molar-refractivity contribution in [2.24, 2.45) is 0 Å². The number of fused-ring (bicyclic) bond motifs is 2. The maximum absolute atomic E-state index is 12.5. The first-order chi connectivity index (χ1) is 10.2. The highest BCUT2D eigenvalue weighted by molar-refractivity contribution is 5.94. The average Bonchev–Trinajstić information content (AvgIpc) is 2.72. The second-order valence-corrected chi connectivity index (χ2v) is 5.25. The molecule has 1 aliphatic rings. The van der Waals surface area contributed by atoms with Gasteiger partial charge in [-0.1, -0.05) is 6.42 Å². The molecule has 1 aromatic heterocycles. The van der Waals surface area contributed by atoms with Gasteiger partial charge in [0.25, 0.3) is 5.56 Å². The van der Waals surface area contributed by atoms with E-state index in [2.05, 4.69) is 4.98 Å². The summed E-state index contributed by atoms with van der Waals surface area (Å²) >= 11 is 0. The molecule has 0 unspecified atom stereocenters. The zero-order valence-corrected chi connectivity index (χ0v) is 12.1. The summed E-state index contributed by atoms with van der Waals surface area (Å²) in [7, 11) is 0. The van der Waals surface area contributed by atoms with Crippen LogP contribution in [0.25, 0.3) is 10.9 Å². The average molecular weight is 286 g/mol. The first-order valence-corrected chi connectivity index (χ1v) is 7.41. The van der Waals surface area contributed by atoms with E-state index in [0.29, 0.717) is 23.1 Å². The van der Waals surface area contributed by atoms with Gasteiger partial charge in [-0.05, 0) is 38.0 Å². The normalized spacial score (nSPS) is 14.5. The Kier molecular flexibility index (Phi) is 3.73. The number of nitrogens with zero attached hydrogens (tertiary/aromatic N) is 2. The Morgan fingerprint density at radius 3 is 3.00 bits per heavy atom. The number of hydrogen-bond acceptors (Lipinski definition) is 4. The highest BCUT2D eigenvalue weighted by atomic mass is 16.5. The Balaban J connectivity index is 2.14. The van der Waals surface area contributed by atoms with Crippen LogP contribution >= 0.6 is 0 Å². The summed E-state index contributed by atoms with van der Waals surface area (Å²) in [5, 5.41) is 0.564. The fraction of sp³-hybridized carbons (Fsp3) is 0.438. The van der Waals surface area contributed by atoms with Crippen molar-refractivity contribution in [2.45, 2.75) is 39.2 Å². The molecule has 0 atom stereocenters. The molecule has 0 radical (unpaired) electrons. The Labute approximate surface area is 122 Å². The lowest BCUT2D eigenvalue weighted by Gasteiger charge is -2.10. The summed E-state index contributed by atoms with van der Waals surface area (Å²) in [5.41, 5.74) is 1.01. The van der Waals surface area contributed by atoms with E-state index in [4.69, 9.17) is 4.74 Å². The maximum Gasteiger partial charge on any atom is 0.338 e. The third kappa shape index (κ3) is 2.55. The highest BCUT2D eigenvalue weighted by Crippen LogP contribution is 2.16. The molecule has 5 heteroatoms. The lowest BCUT2D eigenvalue weighted by atomic mass is 10.1. The SMILES string of the molecule is CCOC(=O)c1ccc2c(=O)n3c(nc2c1)CCCCC3. The van der Waals surface area contributed by atoms with Gasteiger partial charge >= 0.3 is 5.97 Å². The van der Waals surface area contributed by atoms with E-state index in [0.717, 1.165) is 38.1 Å². The largest absolute Gasteiger partial charge is 0.462 e. The number of hydrogen-bond donors (Lipinski definition) is 0. The number of carbonyl (C=O) groups is 1. The molecule has 0 aliphatic carbocycles. The van der Waals surface area contributed by atoms with Crippen LogP contribution < -0.4 is 5.56 Å². The van der Waals surface area contributed by atoms with Crippen LogP contribution in [0.15, 0.2) is 23.0 Å². The number of aromatic nitrogens is 2. The molecule has 5 nitrogen and oxygen atoms in total. The molecule has 0 N–H and O–H groups in total. The highest BCUT2D eigenvalue weighted by Gasteiger charge is 2.15. The second kappa shape index (κ2) is 5.68. The fourth-order valence-electron chi connectivity index (χ4n) is 2.76. The Morgan fingerprint density at radius 2 is 2.19 bits per heavy atom. The van der Waals surface area contributed by atoms with E-state index in [1.54, 1.807) is 29.7 Å². The number of ether oxygens (including phenoxy) is 1. The Morgan fingerprint density at radius 1 is 1.33 bits per heavy atom. The second-order valence-electron chi connectivity index (χ2n) is 5.25. The summed E-state index contributed by atoms with van der Waals surface area (Å²) in [5.74, 6) is 0.447. The molecule has 1 aliphatic heterocycles. The van der Waals surface area contributed by atoms with Crippen LogP contribution in [0, 0.1) is 0 Å². The smallest absolute Gasteiger partial charge is 0.338 e. The zero-order chi connectivity index (χ0) is 14.8. The van der Waals surface area contributed by atoms with Crippen LogP contribution in [-0.4, -0.2) is 22.1 Å². The van der Waals surface area contributed by atoms with Crippen molar-refractivity contribution in [1.82, 2.24) is 9.55 Å². The van der Waals surface area contributed by atoms with E-state index < -0.39 is 0 Å². The lowest BCUT2D eigenvalue weighted by Crippen LogP contribution is -2.24. The van der Waals surface area contributed by atoms with Gasteiger partial charge < -0.3 is 4.74 Å². The molecule has 0 saturated carbocycles. The van der Waals surface area contributed by atoms with E-state index in [9.17, 15) is 9.59 Å². The van der Waals surface area contributed by atoms with E-state index in [1.807, 2.05) is 0 Å². The van der Waals surface area contributed by atoms with Crippen LogP contribution in [0.2, 0.25) is 0 Å². The van der Waals surface area contributed by atoms with Crippen molar-refractivity contribution in [2.75, 3.05) is 6.61 Å². The third-order valence-corrected chi connectivity index (χ3v) is 3.83. The summed E-state index contributed by atoms with van der Waals surface area (Å²) in [6.07, 6.45) is 4.00. The van der Waals surface area contributed by atoms with Crippen LogP contribution in [0.1, 0.15) is 42.4 Å². The summed E-state index contributed by atoms with van der Waals surface area (Å²) in [4.78, 5) is 28.9. The minimum atomic E-state index is -0.378. The molecule has 0 bridgehead atoms. The fourth-order valence-corrected chi connectivity index (χ4v) is 2.76. The monoisotopic (exact) mass is 286 g/mol. The number of esters is 1. The molecule has 3 rings (SSSR count). The van der Waals surface area contributed by atoms with Crippen LogP contribution in [0.5, 0.6) is 0 Å². The molecule has 2 heterocycles. The lowest BCUT2D eigenvalue weighted by molar-refractivity contribution is 0.0526. The molecule has 1 aromatic carbocycles. The minimum Gasteiger partial charge on any atom is -0.462 e. The summed E-state index contributed by atoms with van der Waals surface area (Å²) in [6, 6.07) is 4.96. The molecule has 21 heavy (non-hydrogen) atoms. The Hall–Kier alpha value is -2.17. The topological polar surface area (TPSA) is 61.2 Å². The summed E-state index contributed by atoms with van der Waals surface area (Å²) in [6.45, 7) is 2.83. The molecule has 0 spiro atoms. The summed E-state index contributed by atoms with van der Waals surface area (Å²) < 4.78 is 6.77. The van der Waals surface area contributed by atoms with Crippen LogP contribution in [0.3, 0.4) is 0 Å². The minimum absolute atomic E-state index is 0.00712. The predicted octanol–water partition coefficient (Wildman–Crippen LogP) is 2.30. The van der Waals surface area contributed by atoms with Crippen molar-refractivity contribution in [3.63, 3.8) is 0 Å². The van der Waals surface area contributed by atoms with Crippen LogP contribution in [-0.2, 0) is 17.7 Å². The number of aryl methyl sites for hydroxylation is 1. The van der Waals surface area contributed by atoms with Gasteiger partial charge in [-0.2, -0.15) is 0 Å². The van der Waals surface area contributed by atoms with Gasteiger partial charge in [0.2, 0.25) is 0 Å². The van der Waals surface area contributed by atoms with Gasteiger partial charge in [-0.15, -0.1) is 0 Å². The molecular formula is C16H18N2O3. The first-order valence-electron chi connectivity index (χ1n) is 7.41. The molecular weight excluding hydrogens is 268 g/mol. The van der Waals surface area contributed by atoms with Gasteiger partial charge in [-0.25, -0.2) is 9.78 Å². The van der Waals surface area contributed by atoms with E-state index in [1.165, 1.54) is 0 Å². The number of benzene rings is 1. The molecule has 0 amide bonds. The molecule has 0 saturated heterocycles. The first kappa shape index (κ1) is 13.8. The van der Waals surface area contributed by atoms with Crippen molar-refractivity contribution in [3.05, 3.63) is 39.9 Å². The molecule has 0 fully saturated rings. The van der Waals surface area contributed by atoms with Gasteiger partial charge in [-0.3, -0.25) is 9.36 Å². The third-order valence-electron chi connectivity index (χ3n) is 3.83. The van der Waals surface area contributed by atoms with Crippen molar-refractivity contribution in [3.8, 4) is 0 Å². The molecule has 2 aromatic rings. The van der Waals surface area contributed by atoms with Crippen molar-refractivity contribution < 1.29 is 9.53 Å². The van der Waals surface area contributed by atoms with Gasteiger partial charge in [0, 0.05) is 13.0 Å². The van der Waals surface area contributed by atoms with Gasteiger partial charge in [0.15, 0.2) is 0 Å². The van der Waals surface area contributed by atoms with E-state index >= 15 is 0 Å². The molecule has 110 valence electrons. The maximum atomic E-state index is 12.5. The zero-order valence-electron chi connectivity index (χ0n) is 12.1. The van der Waals surface area contributed by atoms with Crippen molar-refractivity contribution >= 4 is 16.9 Å².